The van der Waals surface area contributed by atoms with Crippen LogP contribution in [0.15, 0.2) is 30.6 Å². The van der Waals surface area contributed by atoms with Gasteiger partial charge in [-0.1, -0.05) is 0 Å². The summed E-state index contributed by atoms with van der Waals surface area (Å²) in [6, 6.07) is 6.19. The molecule has 7 heteroatoms. The lowest BCUT2D eigenvalue weighted by atomic mass is 10.3. The van der Waals surface area contributed by atoms with E-state index in [4.69, 9.17) is 4.74 Å². The van der Waals surface area contributed by atoms with Crippen LogP contribution in [0, 0.1) is 12.7 Å². The molecular formula is C13H12FN5O. The normalized spacial score (nSPS) is 10.8. The van der Waals surface area contributed by atoms with E-state index in [1.165, 1.54) is 25.6 Å². The number of anilines is 2. The molecule has 2 aromatic heterocycles. The summed E-state index contributed by atoms with van der Waals surface area (Å²) in [6.45, 7) is 1.85. The zero-order valence-electron chi connectivity index (χ0n) is 11.0. The molecule has 0 saturated heterocycles. The molecule has 20 heavy (non-hydrogen) atoms. The van der Waals surface area contributed by atoms with Gasteiger partial charge >= 0.3 is 0 Å². The van der Waals surface area contributed by atoms with Gasteiger partial charge in [-0.3, -0.25) is 0 Å². The third-order valence-corrected chi connectivity index (χ3v) is 2.76. The molecule has 0 spiro atoms. The Kier molecular flexibility index (Phi) is 2.94. The lowest BCUT2D eigenvalue weighted by molar-refractivity contribution is 0.411. The van der Waals surface area contributed by atoms with Crippen LogP contribution in [-0.4, -0.2) is 26.7 Å². The molecule has 3 aromatic rings. The number of benzene rings is 1. The summed E-state index contributed by atoms with van der Waals surface area (Å²) in [5.41, 5.74) is 1.35. The van der Waals surface area contributed by atoms with Gasteiger partial charge in [-0.15, -0.1) is 0 Å². The summed E-state index contributed by atoms with van der Waals surface area (Å²) in [7, 11) is 1.49. The monoisotopic (exact) mass is 273 g/mol. The molecule has 0 radical (unpaired) electrons. The van der Waals surface area contributed by atoms with Crippen molar-refractivity contribution in [3.05, 3.63) is 42.1 Å². The van der Waals surface area contributed by atoms with Crippen molar-refractivity contribution in [3.63, 3.8) is 0 Å². The quantitative estimate of drug-likeness (QED) is 0.793. The summed E-state index contributed by atoms with van der Waals surface area (Å²) in [5.74, 6) is 1.19. The van der Waals surface area contributed by atoms with Crippen molar-refractivity contribution in [1.29, 1.82) is 0 Å². The highest BCUT2D eigenvalue weighted by molar-refractivity contribution is 5.60. The number of hydrogen-bond donors (Lipinski definition) is 1. The maximum Gasteiger partial charge on any atom is 0.254 e. The van der Waals surface area contributed by atoms with Gasteiger partial charge in [0.15, 0.2) is 0 Å². The SMILES string of the molecule is COc1cc(F)cc(Nc2cc(C)nc3ncnn23)c1. The number of aryl methyl sites for hydroxylation is 1. The van der Waals surface area contributed by atoms with E-state index >= 15 is 0 Å². The van der Waals surface area contributed by atoms with E-state index in [2.05, 4.69) is 20.4 Å². The van der Waals surface area contributed by atoms with Crippen molar-refractivity contribution in [2.24, 2.45) is 0 Å². The molecule has 102 valence electrons. The summed E-state index contributed by atoms with van der Waals surface area (Å²) in [4.78, 5) is 8.27. The maximum atomic E-state index is 13.5. The number of rotatable bonds is 3. The highest BCUT2D eigenvalue weighted by Crippen LogP contribution is 2.23. The molecule has 2 heterocycles. The van der Waals surface area contributed by atoms with E-state index in [0.717, 1.165) is 5.69 Å². The number of nitrogens with zero attached hydrogens (tertiary/aromatic N) is 4. The zero-order chi connectivity index (χ0) is 14.1. The molecule has 1 aromatic carbocycles. The van der Waals surface area contributed by atoms with Crippen LogP contribution in [0.2, 0.25) is 0 Å². The molecule has 0 aliphatic carbocycles. The van der Waals surface area contributed by atoms with Crippen molar-refractivity contribution in [3.8, 4) is 5.75 Å². The molecule has 0 amide bonds. The Hall–Kier alpha value is -2.70. The van der Waals surface area contributed by atoms with Crippen LogP contribution in [0.25, 0.3) is 5.78 Å². The Morgan fingerprint density at radius 1 is 1.25 bits per heavy atom. The average Bonchev–Trinajstić information content (AvgIpc) is 2.86. The van der Waals surface area contributed by atoms with Gasteiger partial charge in [0.05, 0.1) is 7.11 Å². The zero-order valence-corrected chi connectivity index (χ0v) is 11.0. The predicted molar refractivity (Wildman–Crippen MR) is 71.8 cm³/mol. The molecule has 3 rings (SSSR count). The fourth-order valence-electron chi connectivity index (χ4n) is 1.92. The number of nitrogens with one attached hydrogen (secondary N) is 1. The van der Waals surface area contributed by atoms with Gasteiger partial charge in [0.1, 0.15) is 23.7 Å². The Balaban J connectivity index is 2.04. The van der Waals surface area contributed by atoms with Crippen LogP contribution >= 0.6 is 0 Å². The minimum atomic E-state index is -0.382. The molecule has 0 unspecified atom stereocenters. The van der Waals surface area contributed by atoms with E-state index in [1.54, 1.807) is 16.6 Å². The second-order valence-corrected chi connectivity index (χ2v) is 4.26. The predicted octanol–water partition coefficient (Wildman–Crippen LogP) is 2.32. The largest absolute Gasteiger partial charge is 0.497 e. The van der Waals surface area contributed by atoms with Gasteiger partial charge in [0.25, 0.3) is 5.78 Å². The third kappa shape index (κ3) is 2.25. The van der Waals surface area contributed by atoms with Gasteiger partial charge in [0.2, 0.25) is 0 Å². The second-order valence-electron chi connectivity index (χ2n) is 4.26. The van der Waals surface area contributed by atoms with Gasteiger partial charge in [-0.25, -0.2) is 9.37 Å². The Morgan fingerprint density at radius 3 is 2.90 bits per heavy atom. The van der Waals surface area contributed by atoms with E-state index in [0.29, 0.717) is 23.0 Å². The van der Waals surface area contributed by atoms with Crippen LogP contribution in [-0.2, 0) is 0 Å². The van der Waals surface area contributed by atoms with Gasteiger partial charge < -0.3 is 10.1 Å². The fourth-order valence-corrected chi connectivity index (χ4v) is 1.92. The number of fused-ring (bicyclic) bond motifs is 1. The maximum absolute atomic E-state index is 13.5. The number of hydrogen-bond acceptors (Lipinski definition) is 5. The first-order valence-electron chi connectivity index (χ1n) is 5.95. The summed E-state index contributed by atoms with van der Waals surface area (Å²) >= 11 is 0. The lowest BCUT2D eigenvalue weighted by Crippen LogP contribution is -2.03. The highest BCUT2D eigenvalue weighted by atomic mass is 19.1. The van der Waals surface area contributed by atoms with Crippen LogP contribution in [0.1, 0.15) is 5.69 Å². The van der Waals surface area contributed by atoms with Gasteiger partial charge in [-0.05, 0) is 13.0 Å². The van der Waals surface area contributed by atoms with Crippen LogP contribution in [0.5, 0.6) is 5.75 Å². The van der Waals surface area contributed by atoms with Gasteiger partial charge in [0, 0.05) is 29.6 Å². The first-order valence-corrected chi connectivity index (χ1v) is 5.95. The first-order chi connectivity index (χ1) is 9.65. The molecule has 0 aliphatic heterocycles. The topological polar surface area (TPSA) is 64.3 Å². The van der Waals surface area contributed by atoms with Crippen LogP contribution in [0.4, 0.5) is 15.9 Å². The summed E-state index contributed by atoms with van der Waals surface area (Å²) in [6.07, 6.45) is 1.42. The minimum Gasteiger partial charge on any atom is -0.497 e. The Bertz CT molecular complexity index is 771. The second kappa shape index (κ2) is 4.76. The van der Waals surface area contributed by atoms with Crippen LogP contribution in [0.3, 0.4) is 0 Å². The Morgan fingerprint density at radius 2 is 2.10 bits per heavy atom. The molecule has 1 N–H and O–H groups in total. The number of halogens is 1. The van der Waals surface area contributed by atoms with Crippen LogP contribution < -0.4 is 10.1 Å². The Labute approximate surface area is 114 Å². The van der Waals surface area contributed by atoms with Crippen molar-refractivity contribution in [2.45, 2.75) is 6.92 Å². The standard InChI is InChI=1S/C13H12FN5O/c1-8-3-12(19-13(17-8)15-7-16-19)18-10-4-9(14)5-11(6-10)20-2/h3-7,18H,1-2H3. The van der Waals surface area contributed by atoms with Crippen molar-refractivity contribution in [2.75, 3.05) is 12.4 Å². The molecule has 0 saturated carbocycles. The average molecular weight is 273 g/mol. The summed E-state index contributed by atoms with van der Waals surface area (Å²) in [5, 5.41) is 7.17. The van der Waals surface area contributed by atoms with Crippen molar-refractivity contribution >= 4 is 17.3 Å². The van der Waals surface area contributed by atoms with Crippen molar-refractivity contribution in [1.82, 2.24) is 19.6 Å². The summed E-state index contributed by atoms with van der Waals surface area (Å²) < 4.78 is 20.1. The minimum absolute atomic E-state index is 0.382. The molecule has 6 nitrogen and oxygen atoms in total. The molecule has 0 aliphatic rings. The van der Waals surface area contributed by atoms with E-state index in [9.17, 15) is 4.39 Å². The number of ether oxygens (including phenoxy) is 1. The first kappa shape index (κ1) is 12.3. The number of aromatic nitrogens is 4. The van der Waals surface area contributed by atoms with E-state index in [1.807, 2.05) is 6.92 Å². The number of methoxy groups -OCH3 is 1. The molecular weight excluding hydrogens is 261 g/mol. The van der Waals surface area contributed by atoms with E-state index in [-0.39, 0.29) is 5.82 Å². The molecule has 0 atom stereocenters. The van der Waals surface area contributed by atoms with E-state index < -0.39 is 0 Å². The lowest BCUT2D eigenvalue weighted by Gasteiger charge is -2.10. The molecule has 0 bridgehead atoms. The van der Waals surface area contributed by atoms with Gasteiger partial charge in [-0.2, -0.15) is 14.6 Å². The smallest absolute Gasteiger partial charge is 0.254 e. The third-order valence-electron chi connectivity index (χ3n) is 2.76. The highest BCUT2D eigenvalue weighted by Gasteiger charge is 2.07. The fraction of sp³-hybridized carbons (Fsp3) is 0.154. The van der Waals surface area contributed by atoms with Crippen molar-refractivity contribution < 1.29 is 9.13 Å². The molecule has 0 fully saturated rings.